The first kappa shape index (κ1) is 77.5. The minimum absolute atomic E-state index is 0.239. The first-order valence-corrected chi connectivity index (χ1v) is 34.2. The Hall–Kier alpha value is -2.57. The minimum atomic E-state index is -1.80. The molecule has 2 rings (SSSR count). The van der Waals surface area contributed by atoms with Crippen LogP contribution in [0.3, 0.4) is 0 Å². The molecule has 0 aromatic rings. The number of aliphatic hydroxyl groups is 8. The Morgan fingerprint density at radius 2 is 0.821 bits per heavy atom. The van der Waals surface area contributed by atoms with Gasteiger partial charge in [-0.05, 0) is 64.2 Å². The smallest absolute Gasteiger partial charge is 0.220 e. The zero-order valence-corrected chi connectivity index (χ0v) is 52.9. The van der Waals surface area contributed by atoms with Crippen LogP contribution in [0.2, 0.25) is 0 Å². The standard InChI is InChI=1S/C70H125NO13/c1-3-5-7-9-11-13-15-17-19-21-23-24-25-26-27-28-29-30-31-32-33-34-36-37-39-41-43-45-47-49-51-53-59(74)58(71-62(75)54-52-50-48-46-44-42-40-38-35-22-20-18-16-14-12-10-8-6-4-2)57-81-69-67(80)65(78)68(61(56-73)83-69)84-70-66(79)64(77)63(76)60(55-72)82-70/h6,8,12,14,18,20,35,38,42,44,51,53,58-61,63-70,72-74,76-80H,3-5,7,9-11,13,15-17,19,21-34,36-37,39-41,43,45-50,52,54-57H2,1-2H3,(H,71,75)/b8-6-,14-12-,20-18-,38-35-,44-42-,53-51+. The fourth-order valence-corrected chi connectivity index (χ4v) is 11.0. The largest absolute Gasteiger partial charge is 0.394 e. The molecule has 0 spiro atoms. The molecule has 12 unspecified atom stereocenters. The van der Waals surface area contributed by atoms with Crippen LogP contribution >= 0.6 is 0 Å². The van der Waals surface area contributed by atoms with Crippen LogP contribution in [0.15, 0.2) is 72.9 Å². The summed E-state index contributed by atoms with van der Waals surface area (Å²) in [6.45, 7) is 2.68. The van der Waals surface area contributed by atoms with Crippen molar-refractivity contribution < 1.29 is 64.6 Å². The van der Waals surface area contributed by atoms with Gasteiger partial charge >= 0.3 is 0 Å². The second kappa shape index (κ2) is 54.6. The van der Waals surface area contributed by atoms with Gasteiger partial charge in [0.05, 0.1) is 32.0 Å². The molecule has 0 radical (unpaired) electrons. The predicted octanol–water partition coefficient (Wildman–Crippen LogP) is 13.5. The summed E-state index contributed by atoms with van der Waals surface area (Å²) in [4.78, 5) is 13.3. The van der Waals surface area contributed by atoms with Gasteiger partial charge < -0.3 is 65.1 Å². The number of amides is 1. The fraction of sp³-hybridized carbons (Fsp3) is 0.814. The molecule has 14 heteroatoms. The predicted molar refractivity (Wildman–Crippen MR) is 341 cm³/mol. The lowest BCUT2D eigenvalue weighted by atomic mass is 9.97. The Balaban J connectivity index is 1.69. The first-order chi connectivity index (χ1) is 41.1. The summed E-state index contributed by atoms with van der Waals surface area (Å²) in [5.41, 5.74) is 0. The number of hydrogen-bond donors (Lipinski definition) is 9. The van der Waals surface area contributed by atoms with Crippen LogP contribution in [-0.4, -0.2) is 140 Å². The van der Waals surface area contributed by atoms with Crippen LogP contribution in [-0.2, 0) is 23.7 Å². The molecule has 0 aliphatic carbocycles. The molecule has 14 nitrogen and oxygen atoms in total. The van der Waals surface area contributed by atoms with E-state index in [2.05, 4.69) is 79.9 Å². The van der Waals surface area contributed by atoms with Gasteiger partial charge in [0.2, 0.25) is 5.91 Å². The SMILES string of the molecule is CC/C=C\C/C=C\C/C=C\C/C=C\C/C=C\CCCCCC(=O)NC(COC1OC(CO)C(OC2OC(CO)C(O)C(O)C2O)C(O)C1O)C(O)/C=C/CCCCCCCCCCCCCCCCCCCCCCCCCCCCCCC. The Kier molecular flexibility index (Phi) is 50.4. The number of hydrogen-bond acceptors (Lipinski definition) is 13. The zero-order chi connectivity index (χ0) is 60.9. The van der Waals surface area contributed by atoms with Crippen LogP contribution in [0.4, 0.5) is 0 Å². The number of nitrogens with one attached hydrogen (secondary N) is 1. The molecule has 9 N–H and O–H groups in total. The van der Waals surface area contributed by atoms with Crippen molar-refractivity contribution >= 4 is 5.91 Å². The number of unbranched alkanes of at least 4 members (excludes halogenated alkanes) is 32. The monoisotopic (exact) mass is 1190 g/mol. The van der Waals surface area contributed by atoms with Crippen LogP contribution in [0.25, 0.3) is 0 Å². The van der Waals surface area contributed by atoms with E-state index in [0.717, 1.165) is 70.6 Å². The topological polar surface area (TPSA) is 228 Å². The Bertz CT molecular complexity index is 1690. The zero-order valence-electron chi connectivity index (χ0n) is 52.9. The maximum absolute atomic E-state index is 13.3. The van der Waals surface area contributed by atoms with Gasteiger partial charge in [0.1, 0.15) is 48.8 Å². The van der Waals surface area contributed by atoms with E-state index in [-0.39, 0.29) is 18.9 Å². The summed E-state index contributed by atoms with van der Waals surface area (Å²) in [5.74, 6) is -0.270. The Morgan fingerprint density at radius 1 is 0.440 bits per heavy atom. The summed E-state index contributed by atoms with van der Waals surface area (Å²) >= 11 is 0. The van der Waals surface area contributed by atoms with Crippen molar-refractivity contribution in [2.45, 2.75) is 344 Å². The van der Waals surface area contributed by atoms with E-state index in [4.69, 9.17) is 18.9 Å². The summed E-state index contributed by atoms with van der Waals surface area (Å²) in [6.07, 6.45) is 56.8. The van der Waals surface area contributed by atoms with E-state index in [0.29, 0.717) is 6.42 Å². The second-order valence-electron chi connectivity index (χ2n) is 23.9. The van der Waals surface area contributed by atoms with E-state index in [1.54, 1.807) is 6.08 Å². The molecule has 0 aromatic carbocycles. The number of ether oxygens (including phenoxy) is 4. The van der Waals surface area contributed by atoms with Crippen LogP contribution in [0.1, 0.15) is 271 Å². The van der Waals surface area contributed by atoms with Gasteiger partial charge in [-0.3, -0.25) is 4.79 Å². The van der Waals surface area contributed by atoms with Crippen LogP contribution in [0.5, 0.6) is 0 Å². The van der Waals surface area contributed by atoms with Gasteiger partial charge in [0, 0.05) is 6.42 Å². The summed E-state index contributed by atoms with van der Waals surface area (Å²) in [5, 5.41) is 87.3. The third-order valence-corrected chi connectivity index (χ3v) is 16.4. The van der Waals surface area contributed by atoms with Crippen molar-refractivity contribution in [3.05, 3.63) is 72.9 Å². The van der Waals surface area contributed by atoms with Crippen molar-refractivity contribution in [2.75, 3.05) is 19.8 Å². The lowest BCUT2D eigenvalue weighted by molar-refractivity contribution is -0.359. The molecule has 2 aliphatic rings. The number of aliphatic hydroxyl groups excluding tert-OH is 8. The van der Waals surface area contributed by atoms with E-state index in [1.165, 1.54) is 173 Å². The average molecular weight is 1190 g/mol. The molecule has 0 aromatic heterocycles. The molecule has 2 heterocycles. The number of carbonyl (C=O) groups is 1. The van der Waals surface area contributed by atoms with Crippen molar-refractivity contribution in [1.29, 1.82) is 0 Å². The molecule has 0 saturated carbocycles. The number of allylic oxidation sites excluding steroid dienone is 11. The Morgan fingerprint density at radius 3 is 1.26 bits per heavy atom. The second-order valence-corrected chi connectivity index (χ2v) is 23.9. The van der Waals surface area contributed by atoms with Crippen molar-refractivity contribution in [1.82, 2.24) is 5.32 Å². The molecular formula is C70H125NO13. The quantitative estimate of drug-likeness (QED) is 0.0204. The van der Waals surface area contributed by atoms with Gasteiger partial charge in [-0.15, -0.1) is 0 Å². The summed E-state index contributed by atoms with van der Waals surface area (Å²) in [6, 6.07) is -0.938. The fourth-order valence-electron chi connectivity index (χ4n) is 11.0. The molecule has 2 fully saturated rings. The van der Waals surface area contributed by atoms with Crippen molar-refractivity contribution in [3.63, 3.8) is 0 Å². The average Bonchev–Trinajstić information content (AvgIpc) is 3.62. The molecule has 2 saturated heterocycles. The molecule has 84 heavy (non-hydrogen) atoms. The summed E-state index contributed by atoms with van der Waals surface area (Å²) < 4.78 is 22.8. The highest BCUT2D eigenvalue weighted by Gasteiger charge is 2.51. The van der Waals surface area contributed by atoms with E-state index >= 15 is 0 Å². The van der Waals surface area contributed by atoms with Gasteiger partial charge in [-0.2, -0.15) is 0 Å². The molecule has 0 bridgehead atoms. The molecule has 12 atom stereocenters. The third kappa shape index (κ3) is 38.7. The lowest BCUT2D eigenvalue weighted by Gasteiger charge is -2.46. The molecule has 2 aliphatic heterocycles. The highest BCUT2D eigenvalue weighted by Crippen LogP contribution is 2.30. The number of carbonyl (C=O) groups excluding carboxylic acids is 1. The molecule has 1 amide bonds. The normalized spacial score (nSPS) is 24.1. The van der Waals surface area contributed by atoms with Crippen molar-refractivity contribution in [2.24, 2.45) is 0 Å². The third-order valence-electron chi connectivity index (χ3n) is 16.4. The highest BCUT2D eigenvalue weighted by atomic mass is 16.7. The van der Waals surface area contributed by atoms with Crippen molar-refractivity contribution in [3.8, 4) is 0 Å². The van der Waals surface area contributed by atoms with E-state index < -0.39 is 86.8 Å². The maximum Gasteiger partial charge on any atom is 0.220 e. The van der Waals surface area contributed by atoms with E-state index in [1.807, 2.05) is 6.08 Å². The highest BCUT2D eigenvalue weighted by molar-refractivity contribution is 5.76. The van der Waals surface area contributed by atoms with Gasteiger partial charge in [-0.25, -0.2) is 0 Å². The minimum Gasteiger partial charge on any atom is -0.394 e. The Labute approximate surface area is 510 Å². The van der Waals surface area contributed by atoms with Gasteiger partial charge in [0.15, 0.2) is 12.6 Å². The lowest BCUT2D eigenvalue weighted by Crippen LogP contribution is -2.65. The first-order valence-electron chi connectivity index (χ1n) is 34.2. The summed E-state index contributed by atoms with van der Waals surface area (Å²) in [7, 11) is 0. The number of rotatable bonds is 55. The molecule has 488 valence electrons. The molecular weight excluding hydrogens is 1060 g/mol. The maximum atomic E-state index is 13.3. The van der Waals surface area contributed by atoms with Gasteiger partial charge in [0.25, 0.3) is 0 Å². The van der Waals surface area contributed by atoms with Crippen LogP contribution in [0, 0.1) is 0 Å². The van der Waals surface area contributed by atoms with Crippen LogP contribution < -0.4 is 5.32 Å². The van der Waals surface area contributed by atoms with Gasteiger partial charge in [-0.1, -0.05) is 273 Å². The van der Waals surface area contributed by atoms with E-state index in [9.17, 15) is 45.6 Å².